The number of benzene rings is 2. The molecular weight excluding hydrogens is 442 g/mol. The van der Waals surface area contributed by atoms with E-state index in [9.17, 15) is 4.79 Å². The van der Waals surface area contributed by atoms with Crippen molar-refractivity contribution in [1.82, 2.24) is 0 Å². The molecule has 0 atom stereocenters. The van der Waals surface area contributed by atoms with Crippen LogP contribution in [-0.4, -0.2) is 18.1 Å². The summed E-state index contributed by atoms with van der Waals surface area (Å²) >= 11 is 0. The summed E-state index contributed by atoms with van der Waals surface area (Å²) in [5.41, 5.74) is 11.1. The van der Waals surface area contributed by atoms with Crippen molar-refractivity contribution in [2.24, 2.45) is 0 Å². The van der Waals surface area contributed by atoms with Gasteiger partial charge in [0, 0.05) is 30.3 Å². The summed E-state index contributed by atoms with van der Waals surface area (Å²) in [6, 6.07) is 17.1. The molecule has 0 saturated heterocycles. The molecule has 2 aromatic carbocycles. The average molecular weight is 480 g/mol. The quantitative estimate of drug-likeness (QED) is 0.409. The van der Waals surface area contributed by atoms with Gasteiger partial charge in [-0.3, -0.25) is 4.79 Å². The monoisotopic (exact) mass is 479 g/mol. The van der Waals surface area contributed by atoms with Crippen LogP contribution in [0.15, 0.2) is 102 Å². The lowest BCUT2D eigenvalue weighted by atomic mass is 9.81. The lowest BCUT2D eigenvalue weighted by molar-refractivity contribution is -0.136. The summed E-state index contributed by atoms with van der Waals surface area (Å²) < 4.78 is 0. The summed E-state index contributed by atoms with van der Waals surface area (Å²) in [6.07, 6.45) is 12.8. The molecule has 36 heavy (non-hydrogen) atoms. The van der Waals surface area contributed by atoms with Gasteiger partial charge in [-0.1, -0.05) is 86.7 Å². The molecule has 0 spiro atoms. The standard InChI is InChI=1S/C33H37NO2/c1-23(2)13-17-25-9-8-10-26(32(25)27-18-14-24(15-19-27)16-22-31(35)36)20-21-30-33(3,4)28-11-6-7-12-29(28)34(30)5/h6-7,11-15,17-21H,1,8-10,16,22H2,2-5H3,(H,35,36)/b17-13+,26-20+,30-21+. The number of nitrogens with zero attached hydrogens (tertiary/aromatic N) is 1. The predicted octanol–water partition coefficient (Wildman–Crippen LogP) is 8.01. The van der Waals surface area contributed by atoms with Crippen molar-refractivity contribution in [3.8, 4) is 0 Å². The van der Waals surface area contributed by atoms with Crippen LogP contribution in [-0.2, 0) is 16.6 Å². The Morgan fingerprint density at radius 3 is 2.47 bits per heavy atom. The zero-order valence-electron chi connectivity index (χ0n) is 22.0. The van der Waals surface area contributed by atoms with Crippen LogP contribution in [0.3, 0.4) is 0 Å². The first-order valence-electron chi connectivity index (χ1n) is 12.8. The Morgan fingerprint density at radius 1 is 1.08 bits per heavy atom. The van der Waals surface area contributed by atoms with E-state index in [2.05, 4.69) is 105 Å². The van der Waals surface area contributed by atoms with Gasteiger partial charge >= 0.3 is 5.97 Å². The number of anilines is 1. The maximum Gasteiger partial charge on any atom is 0.303 e. The summed E-state index contributed by atoms with van der Waals surface area (Å²) in [7, 11) is 2.16. The molecule has 3 nitrogen and oxygen atoms in total. The van der Waals surface area contributed by atoms with Crippen molar-refractivity contribution in [1.29, 1.82) is 0 Å². The fraction of sp³-hybridized carbons (Fsp3) is 0.303. The molecule has 0 amide bonds. The molecule has 1 N–H and O–H groups in total. The van der Waals surface area contributed by atoms with Gasteiger partial charge < -0.3 is 10.0 Å². The fourth-order valence-electron chi connectivity index (χ4n) is 5.44. The Bertz CT molecular complexity index is 1290. The Balaban J connectivity index is 1.75. The maximum atomic E-state index is 11.0. The van der Waals surface area contributed by atoms with E-state index in [0.29, 0.717) is 6.42 Å². The number of carboxylic acids is 1. The van der Waals surface area contributed by atoms with Crippen LogP contribution >= 0.6 is 0 Å². The molecule has 0 saturated carbocycles. The van der Waals surface area contributed by atoms with Gasteiger partial charge in [-0.15, -0.1) is 0 Å². The van der Waals surface area contributed by atoms with E-state index in [1.807, 2.05) is 6.92 Å². The number of likely N-dealkylation sites (N-methyl/N-ethyl adjacent to an activating group) is 1. The number of allylic oxidation sites excluding steroid dienone is 9. The van der Waals surface area contributed by atoms with Crippen molar-refractivity contribution in [3.05, 3.63) is 119 Å². The minimum Gasteiger partial charge on any atom is -0.481 e. The third-order valence-corrected chi connectivity index (χ3v) is 7.36. The second kappa shape index (κ2) is 10.6. The second-order valence-corrected chi connectivity index (χ2v) is 10.5. The average Bonchev–Trinajstić information content (AvgIpc) is 3.05. The summed E-state index contributed by atoms with van der Waals surface area (Å²) in [5.74, 6) is -0.763. The van der Waals surface area contributed by atoms with Crippen molar-refractivity contribution in [2.45, 2.75) is 58.3 Å². The number of para-hydroxylation sites is 1. The van der Waals surface area contributed by atoms with Gasteiger partial charge in [-0.25, -0.2) is 0 Å². The lowest BCUT2D eigenvalue weighted by Gasteiger charge is -2.25. The highest BCUT2D eigenvalue weighted by molar-refractivity contribution is 5.84. The van der Waals surface area contributed by atoms with Crippen molar-refractivity contribution >= 4 is 17.2 Å². The molecule has 3 heteroatoms. The molecule has 2 aliphatic rings. The first-order chi connectivity index (χ1) is 17.2. The van der Waals surface area contributed by atoms with Gasteiger partial charge in [-0.05, 0) is 78.2 Å². The predicted molar refractivity (Wildman–Crippen MR) is 151 cm³/mol. The van der Waals surface area contributed by atoms with Gasteiger partial charge in [-0.2, -0.15) is 0 Å². The van der Waals surface area contributed by atoms with Gasteiger partial charge in [0.1, 0.15) is 0 Å². The number of rotatable bonds is 7. The number of aryl methyl sites for hydroxylation is 1. The molecule has 0 radical (unpaired) electrons. The van der Waals surface area contributed by atoms with Gasteiger partial charge in [0.25, 0.3) is 0 Å². The van der Waals surface area contributed by atoms with E-state index in [1.54, 1.807) is 0 Å². The molecule has 0 fully saturated rings. The van der Waals surface area contributed by atoms with Gasteiger partial charge in [0.05, 0.1) is 0 Å². The van der Waals surface area contributed by atoms with E-state index in [4.69, 9.17) is 5.11 Å². The number of aliphatic carboxylic acids is 1. The van der Waals surface area contributed by atoms with Crippen LogP contribution in [0.25, 0.3) is 5.57 Å². The van der Waals surface area contributed by atoms with Gasteiger partial charge in [0.15, 0.2) is 0 Å². The molecule has 4 rings (SSSR count). The molecule has 1 aliphatic carbocycles. The van der Waals surface area contributed by atoms with E-state index in [1.165, 1.54) is 39.2 Å². The maximum absolute atomic E-state index is 11.0. The number of carboxylic acid groups (broad SMARTS) is 1. The first kappa shape index (κ1) is 25.5. The van der Waals surface area contributed by atoms with E-state index in [-0.39, 0.29) is 11.8 Å². The number of carbonyl (C=O) groups is 1. The van der Waals surface area contributed by atoms with E-state index < -0.39 is 5.97 Å². The third-order valence-electron chi connectivity index (χ3n) is 7.36. The Labute approximate surface area is 215 Å². The Kier molecular flexibility index (Phi) is 7.49. The van der Waals surface area contributed by atoms with Crippen molar-refractivity contribution in [3.63, 3.8) is 0 Å². The zero-order valence-corrected chi connectivity index (χ0v) is 22.0. The van der Waals surface area contributed by atoms with Gasteiger partial charge in [0.2, 0.25) is 0 Å². The molecule has 2 aromatic rings. The van der Waals surface area contributed by atoms with Crippen molar-refractivity contribution in [2.75, 3.05) is 11.9 Å². The number of fused-ring (bicyclic) bond motifs is 1. The highest BCUT2D eigenvalue weighted by Gasteiger charge is 2.37. The smallest absolute Gasteiger partial charge is 0.303 e. The molecular formula is C33H37NO2. The highest BCUT2D eigenvalue weighted by Crippen LogP contribution is 2.47. The van der Waals surface area contributed by atoms with Crippen molar-refractivity contribution < 1.29 is 9.90 Å². The van der Waals surface area contributed by atoms with Crippen LogP contribution < -0.4 is 4.90 Å². The molecule has 1 aliphatic heterocycles. The van der Waals surface area contributed by atoms with Crippen LogP contribution in [0, 0.1) is 0 Å². The number of hydrogen-bond donors (Lipinski definition) is 1. The normalized spacial score (nSPS) is 19.4. The Hall–Kier alpha value is -3.59. The summed E-state index contributed by atoms with van der Waals surface area (Å²) in [6.45, 7) is 10.7. The second-order valence-electron chi connectivity index (χ2n) is 10.5. The molecule has 0 unspecified atom stereocenters. The topological polar surface area (TPSA) is 40.5 Å². The summed E-state index contributed by atoms with van der Waals surface area (Å²) in [4.78, 5) is 13.3. The van der Waals surface area contributed by atoms with E-state index >= 15 is 0 Å². The van der Waals surface area contributed by atoms with Crippen LogP contribution in [0.4, 0.5) is 5.69 Å². The summed E-state index contributed by atoms with van der Waals surface area (Å²) in [5, 5.41) is 9.03. The van der Waals surface area contributed by atoms with E-state index in [0.717, 1.165) is 30.4 Å². The largest absolute Gasteiger partial charge is 0.481 e. The third kappa shape index (κ3) is 5.31. The first-order valence-corrected chi connectivity index (χ1v) is 12.8. The van der Waals surface area contributed by atoms with Crippen LogP contribution in [0.1, 0.15) is 63.1 Å². The SMILES string of the molecule is C=C(C)/C=C/C1=C(c2ccc(CCC(=O)O)cc2)C(=C/C=C2/N(C)c3ccccc3C2(C)C)/CCC1. The highest BCUT2D eigenvalue weighted by atomic mass is 16.4. The Morgan fingerprint density at radius 2 is 1.81 bits per heavy atom. The van der Waals surface area contributed by atoms with Crippen LogP contribution in [0.5, 0.6) is 0 Å². The molecule has 0 bridgehead atoms. The lowest BCUT2D eigenvalue weighted by Crippen LogP contribution is -2.22. The molecule has 0 aromatic heterocycles. The minimum absolute atomic E-state index is 0.0601. The zero-order chi connectivity index (χ0) is 25.9. The fourth-order valence-corrected chi connectivity index (χ4v) is 5.44. The molecule has 186 valence electrons. The molecule has 1 heterocycles. The number of hydrogen-bond acceptors (Lipinski definition) is 2. The minimum atomic E-state index is -0.763. The van der Waals surface area contributed by atoms with Crippen LogP contribution in [0.2, 0.25) is 0 Å².